The van der Waals surface area contributed by atoms with E-state index in [1.54, 1.807) is 6.08 Å². The summed E-state index contributed by atoms with van der Waals surface area (Å²) < 4.78 is 4.91. The Morgan fingerprint density at radius 2 is 2.25 bits per heavy atom. The van der Waals surface area contributed by atoms with E-state index in [2.05, 4.69) is 6.58 Å². The van der Waals surface area contributed by atoms with E-state index in [0.717, 1.165) is 12.5 Å². The van der Waals surface area contributed by atoms with E-state index in [-0.39, 0.29) is 0 Å². The number of hydrogen-bond donors (Lipinski definition) is 1. The van der Waals surface area contributed by atoms with Gasteiger partial charge in [0.15, 0.2) is 0 Å². The molecule has 0 aromatic rings. The second kappa shape index (κ2) is 6.22. The lowest BCUT2D eigenvalue weighted by atomic mass is 10.3. The highest BCUT2D eigenvalue weighted by Gasteiger charge is 1.90. The maximum absolute atomic E-state index is 10.1. The molecule has 0 aliphatic rings. The highest BCUT2D eigenvalue weighted by Crippen LogP contribution is 2.01. The molecule has 3 nitrogen and oxygen atoms in total. The van der Waals surface area contributed by atoms with Crippen molar-refractivity contribution in [1.82, 2.24) is 0 Å². The Morgan fingerprint density at radius 1 is 1.58 bits per heavy atom. The molecular weight excluding hydrogens is 156 g/mol. The van der Waals surface area contributed by atoms with Gasteiger partial charge in [0.25, 0.3) is 0 Å². The van der Waals surface area contributed by atoms with Crippen molar-refractivity contribution in [3.8, 4) is 0 Å². The average Bonchev–Trinajstić information content (AvgIpc) is 2.01. The van der Waals surface area contributed by atoms with Crippen molar-refractivity contribution in [2.75, 3.05) is 0 Å². The molecule has 12 heavy (non-hydrogen) atoms. The number of carboxylic acids is 1. The van der Waals surface area contributed by atoms with Crippen molar-refractivity contribution in [3.63, 3.8) is 0 Å². The zero-order chi connectivity index (χ0) is 9.40. The van der Waals surface area contributed by atoms with Crippen LogP contribution in [0.4, 0.5) is 0 Å². The molecule has 0 spiro atoms. The van der Waals surface area contributed by atoms with E-state index in [4.69, 9.17) is 9.84 Å². The Morgan fingerprint density at radius 3 is 2.67 bits per heavy atom. The minimum atomic E-state index is -0.996. The second-order valence-electron chi connectivity index (χ2n) is 1.97. The van der Waals surface area contributed by atoms with Crippen molar-refractivity contribution in [1.29, 1.82) is 0 Å². The maximum atomic E-state index is 10.1. The lowest BCUT2D eigenvalue weighted by molar-refractivity contribution is -0.131. The monoisotopic (exact) mass is 168 g/mol. The lowest BCUT2D eigenvalue weighted by Crippen LogP contribution is -1.88. The summed E-state index contributed by atoms with van der Waals surface area (Å²) in [4.78, 5) is 10.1. The molecule has 0 saturated carbocycles. The van der Waals surface area contributed by atoms with Gasteiger partial charge in [0.1, 0.15) is 5.76 Å². The Labute approximate surface area is 71.7 Å². The normalized spacial score (nSPS) is 11.6. The third kappa shape index (κ3) is 5.29. The Bertz CT molecular complexity index is 214. The first kappa shape index (κ1) is 10.5. The second-order valence-corrected chi connectivity index (χ2v) is 1.97. The van der Waals surface area contributed by atoms with E-state index < -0.39 is 5.97 Å². The molecule has 0 amide bonds. The van der Waals surface area contributed by atoms with Gasteiger partial charge in [-0.3, -0.25) is 0 Å². The number of hydrogen-bond acceptors (Lipinski definition) is 2. The van der Waals surface area contributed by atoms with Gasteiger partial charge in [-0.2, -0.15) is 0 Å². The Balaban J connectivity index is 4.22. The smallest absolute Gasteiger partial charge is 0.328 e. The van der Waals surface area contributed by atoms with Crippen LogP contribution in [0.15, 0.2) is 36.8 Å². The fourth-order valence-corrected chi connectivity index (χ4v) is 0.606. The zero-order valence-corrected chi connectivity index (χ0v) is 6.99. The van der Waals surface area contributed by atoms with Gasteiger partial charge in [-0.1, -0.05) is 13.5 Å². The van der Waals surface area contributed by atoms with Crippen LogP contribution in [-0.2, 0) is 9.53 Å². The molecule has 66 valence electrons. The van der Waals surface area contributed by atoms with Crippen LogP contribution in [-0.4, -0.2) is 11.1 Å². The quantitative estimate of drug-likeness (QED) is 0.388. The van der Waals surface area contributed by atoms with Gasteiger partial charge in [-0.05, 0) is 18.6 Å². The summed E-state index contributed by atoms with van der Waals surface area (Å²) in [7, 11) is 0. The fraction of sp³-hybridized carbons (Fsp3) is 0.222. The van der Waals surface area contributed by atoms with Crippen molar-refractivity contribution in [2.24, 2.45) is 0 Å². The van der Waals surface area contributed by atoms with Crippen LogP contribution in [0.5, 0.6) is 0 Å². The minimum absolute atomic E-state index is 0.495. The van der Waals surface area contributed by atoms with Crippen LogP contribution in [0.2, 0.25) is 0 Å². The molecule has 0 aliphatic carbocycles. The molecule has 0 rings (SSSR count). The number of allylic oxidation sites excluding steroid dienone is 2. The van der Waals surface area contributed by atoms with Crippen LogP contribution in [0, 0.1) is 0 Å². The number of aliphatic carboxylic acids is 1. The van der Waals surface area contributed by atoms with Gasteiger partial charge >= 0.3 is 5.97 Å². The molecule has 0 aliphatic heterocycles. The molecule has 0 aromatic heterocycles. The first-order valence-corrected chi connectivity index (χ1v) is 3.59. The molecule has 3 heteroatoms. The SMILES string of the molecule is C=COC(=C\CC)/C=C/C(=O)O. The fourth-order valence-electron chi connectivity index (χ4n) is 0.606. The standard InChI is InChI=1S/C9H12O3/c1-3-5-8(12-4-2)6-7-9(10)11/h4-7H,2-3H2,1H3,(H,10,11)/b7-6+,8-5-. The first-order chi connectivity index (χ1) is 5.70. The van der Waals surface area contributed by atoms with Gasteiger partial charge in [0.05, 0.1) is 6.26 Å². The summed E-state index contributed by atoms with van der Waals surface area (Å²) in [6.07, 6.45) is 6.21. The molecule has 0 unspecified atom stereocenters. The third-order valence-corrected chi connectivity index (χ3v) is 1.01. The molecule has 0 heterocycles. The van der Waals surface area contributed by atoms with Crippen molar-refractivity contribution >= 4 is 5.97 Å². The minimum Gasteiger partial charge on any atom is -0.478 e. The van der Waals surface area contributed by atoms with E-state index in [0.29, 0.717) is 5.76 Å². The summed E-state index contributed by atoms with van der Waals surface area (Å²) >= 11 is 0. The summed E-state index contributed by atoms with van der Waals surface area (Å²) in [5.41, 5.74) is 0. The van der Waals surface area contributed by atoms with Crippen molar-refractivity contribution < 1.29 is 14.6 Å². The predicted molar refractivity (Wildman–Crippen MR) is 46.4 cm³/mol. The number of carbonyl (C=O) groups is 1. The van der Waals surface area contributed by atoms with Gasteiger partial charge in [0.2, 0.25) is 0 Å². The zero-order valence-electron chi connectivity index (χ0n) is 6.99. The highest BCUT2D eigenvalue weighted by atomic mass is 16.5. The van der Waals surface area contributed by atoms with Crippen LogP contribution in [0.1, 0.15) is 13.3 Å². The molecule has 0 aromatic carbocycles. The van der Waals surface area contributed by atoms with E-state index >= 15 is 0 Å². The molecular formula is C9H12O3. The molecule has 0 saturated heterocycles. The van der Waals surface area contributed by atoms with Crippen LogP contribution < -0.4 is 0 Å². The van der Waals surface area contributed by atoms with Crippen molar-refractivity contribution in [2.45, 2.75) is 13.3 Å². The van der Waals surface area contributed by atoms with Crippen LogP contribution in [0.3, 0.4) is 0 Å². The molecule has 0 atom stereocenters. The summed E-state index contributed by atoms with van der Waals surface area (Å²) in [6.45, 7) is 5.30. The largest absolute Gasteiger partial charge is 0.478 e. The van der Waals surface area contributed by atoms with Crippen molar-refractivity contribution in [3.05, 3.63) is 36.8 Å². The Hall–Kier alpha value is -1.51. The number of ether oxygens (including phenoxy) is 1. The topological polar surface area (TPSA) is 46.5 Å². The average molecular weight is 168 g/mol. The summed E-state index contributed by atoms with van der Waals surface area (Å²) in [5.74, 6) is -0.500. The summed E-state index contributed by atoms with van der Waals surface area (Å²) in [6, 6.07) is 0. The highest BCUT2D eigenvalue weighted by molar-refractivity contribution is 5.80. The molecule has 1 N–H and O–H groups in total. The van der Waals surface area contributed by atoms with E-state index in [9.17, 15) is 4.79 Å². The lowest BCUT2D eigenvalue weighted by Gasteiger charge is -1.97. The van der Waals surface area contributed by atoms with Crippen LogP contribution >= 0.6 is 0 Å². The molecule has 0 bridgehead atoms. The van der Waals surface area contributed by atoms with E-state index in [1.807, 2.05) is 6.92 Å². The van der Waals surface area contributed by atoms with Gasteiger partial charge in [-0.25, -0.2) is 4.79 Å². The van der Waals surface area contributed by atoms with Gasteiger partial charge in [-0.15, -0.1) is 0 Å². The number of carboxylic acid groups (broad SMARTS) is 1. The molecule has 0 radical (unpaired) electrons. The maximum Gasteiger partial charge on any atom is 0.328 e. The summed E-state index contributed by atoms with van der Waals surface area (Å²) in [5, 5.41) is 8.30. The third-order valence-electron chi connectivity index (χ3n) is 1.01. The van der Waals surface area contributed by atoms with Gasteiger partial charge in [0, 0.05) is 6.08 Å². The van der Waals surface area contributed by atoms with Gasteiger partial charge < -0.3 is 9.84 Å². The Kier molecular flexibility index (Phi) is 5.43. The number of rotatable bonds is 5. The first-order valence-electron chi connectivity index (χ1n) is 3.59. The van der Waals surface area contributed by atoms with Crippen LogP contribution in [0.25, 0.3) is 0 Å². The predicted octanol–water partition coefficient (Wildman–Crippen LogP) is 2.08. The van der Waals surface area contributed by atoms with E-state index in [1.165, 1.54) is 12.3 Å². The molecule has 0 fully saturated rings.